The third kappa shape index (κ3) is 4.26. The Bertz CT molecular complexity index is 928. The van der Waals surface area contributed by atoms with Gasteiger partial charge in [0, 0.05) is 27.2 Å². The number of carbonyl (C=O) groups is 1. The molecule has 1 amide bonds. The van der Waals surface area contributed by atoms with Crippen LogP contribution in [0.1, 0.15) is 9.67 Å². The monoisotopic (exact) mass is 447 g/mol. The van der Waals surface area contributed by atoms with Gasteiger partial charge in [0.05, 0.1) is 26.2 Å². The number of halogens is 1. The molecular weight excluding hydrogens is 430 g/mol. The number of ether oxygens (including phenoxy) is 3. The van der Waals surface area contributed by atoms with Crippen molar-refractivity contribution in [2.45, 2.75) is 0 Å². The van der Waals surface area contributed by atoms with Gasteiger partial charge in [-0.1, -0.05) is 28.1 Å². The Kier molecular flexibility index (Phi) is 6.03. The van der Waals surface area contributed by atoms with Gasteiger partial charge in [-0.15, -0.1) is 11.3 Å². The first-order valence-corrected chi connectivity index (χ1v) is 9.63. The van der Waals surface area contributed by atoms with Crippen molar-refractivity contribution in [1.82, 2.24) is 0 Å². The van der Waals surface area contributed by atoms with Crippen LogP contribution in [0, 0.1) is 0 Å². The Balaban J connectivity index is 1.82. The summed E-state index contributed by atoms with van der Waals surface area (Å²) in [6, 6.07) is 15.1. The number of hydrogen-bond acceptors (Lipinski definition) is 5. The minimum absolute atomic E-state index is 0.197. The summed E-state index contributed by atoms with van der Waals surface area (Å²) in [5, 5.41) is 2.88. The molecule has 27 heavy (non-hydrogen) atoms. The minimum atomic E-state index is -0.197. The van der Waals surface area contributed by atoms with Gasteiger partial charge in [0.15, 0.2) is 11.5 Å². The van der Waals surface area contributed by atoms with Crippen LogP contribution >= 0.6 is 27.3 Å². The summed E-state index contributed by atoms with van der Waals surface area (Å²) in [6.45, 7) is 0. The van der Waals surface area contributed by atoms with Crippen molar-refractivity contribution in [1.29, 1.82) is 0 Å². The topological polar surface area (TPSA) is 56.8 Å². The van der Waals surface area contributed by atoms with Gasteiger partial charge in [-0.25, -0.2) is 0 Å². The molecular formula is C20H18BrNO4S. The molecule has 0 aliphatic rings. The highest BCUT2D eigenvalue weighted by molar-refractivity contribution is 9.10. The molecule has 2 aromatic carbocycles. The van der Waals surface area contributed by atoms with E-state index in [1.54, 1.807) is 12.1 Å². The molecule has 0 atom stereocenters. The first-order chi connectivity index (χ1) is 13.0. The Morgan fingerprint density at radius 2 is 1.56 bits per heavy atom. The van der Waals surface area contributed by atoms with Gasteiger partial charge < -0.3 is 19.5 Å². The number of benzene rings is 2. The standard InChI is InChI=1S/C20H18BrNO4S/c1-24-15-10-14(11-16(25-2)19(15)26-3)22-20(23)18-9-8-17(27-18)12-4-6-13(21)7-5-12/h4-11H,1-3H3,(H,22,23). The quantitative estimate of drug-likeness (QED) is 0.545. The second-order valence-electron chi connectivity index (χ2n) is 5.54. The third-order valence-electron chi connectivity index (χ3n) is 3.88. The van der Waals surface area contributed by atoms with E-state index < -0.39 is 0 Å². The number of hydrogen-bond donors (Lipinski definition) is 1. The largest absolute Gasteiger partial charge is 0.493 e. The molecule has 0 saturated carbocycles. The highest BCUT2D eigenvalue weighted by Gasteiger charge is 2.16. The van der Waals surface area contributed by atoms with Crippen LogP contribution in [0.25, 0.3) is 10.4 Å². The second kappa shape index (κ2) is 8.45. The van der Waals surface area contributed by atoms with E-state index in [1.807, 2.05) is 36.4 Å². The molecule has 1 N–H and O–H groups in total. The van der Waals surface area contributed by atoms with Gasteiger partial charge in [0.25, 0.3) is 5.91 Å². The van der Waals surface area contributed by atoms with Crippen molar-refractivity contribution in [3.8, 4) is 27.7 Å². The molecule has 0 aliphatic carbocycles. The van der Waals surface area contributed by atoms with Gasteiger partial charge in [-0.3, -0.25) is 4.79 Å². The van der Waals surface area contributed by atoms with E-state index in [0.29, 0.717) is 27.8 Å². The Labute approximate surface area is 170 Å². The smallest absolute Gasteiger partial charge is 0.265 e. The van der Waals surface area contributed by atoms with E-state index in [4.69, 9.17) is 14.2 Å². The van der Waals surface area contributed by atoms with Crippen LogP contribution in [0.4, 0.5) is 5.69 Å². The normalized spacial score (nSPS) is 10.4. The molecule has 1 aromatic heterocycles. The molecule has 7 heteroatoms. The lowest BCUT2D eigenvalue weighted by molar-refractivity contribution is 0.103. The zero-order valence-electron chi connectivity index (χ0n) is 15.0. The SMILES string of the molecule is COc1cc(NC(=O)c2ccc(-c3ccc(Br)cc3)s2)cc(OC)c1OC. The molecule has 140 valence electrons. The van der Waals surface area contributed by atoms with Crippen molar-refractivity contribution in [3.05, 3.63) is 57.9 Å². The maximum atomic E-state index is 12.6. The molecule has 0 radical (unpaired) electrons. The Morgan fingerprint density at radius 1 is 0.926 bits per heavy atom. The van der Waals surface area contributed by atoms with Crippen molar-refractivity contribution in [2.75, 3.05) is 26.6 Å². The highest BCUT2D eigenvalue weighted by Crippen LogP contribution is 2.40. The van der Waals surface area contributed by atoms with E-state index in [2.05, 4.69) is 21.2 Å². The summed E-state index contributed by atoms with van der Waals surface area (Å²) in [5.41, 5.74) is 1.63. The number of anilines is 1. The number of thiophene rings is 1. The molecule has 3 aromatic rings. The van der Waals surface area contributed by atoms with E-state index in [-0.39, 0.29) is 5.91 Å². The van der Waals surface area contributed by atoms with Crippen LogP contribution in [0.3, 0.4) is 0 Å². The number of nitrogens with one attached hydrogen (secondary N) is 1. The number of methoxy groups -OCH3 is 3. The fourth-order valence-corrected chi connectivity index (χ4v) is 3.75. The summed E-state index contributed by atoms with van der Waals surface area (Å²) in [6.07, 6.45) is 0. The zero-order chi connectivity index (χ0) is 19.4. The molecule has 5 nitrogen and oxygen atoms in total. The fraction of sp³-hybridized carbons (Fsp3) is 0.150. The first-order valence-electron chi connectivity index (χ1n) is 8.03. The molecule has 1 heterocycles. The van der Waals surface area contributed by atoms with Gasteiger partial charge >= 0.3 is 0 Å². The number of amides is 1. The van der Waals surface area contributed by atoms with E-state index in [9.17, 15) is 4.79 Å². The maximum absolute atomic E-state index is 12.6. The lowest BCUT2D eigenvalue weighted by Crippen LogP contribution is -2.10. The lowest BCUT2D eigenvalue weighted by Gasteiger charge is -2.14. The maximum Gasteiger partial charge on any atom is 0.265 e. The molecule has 0 unspecified atom stereocenters. The molecule has 3 rings (SSSR count). The van der Waals surface area contributed by atoms with Gasteiger partial charge in [-0.2, -0.15) is 0 Å². The number of carbonyl (C=O) groups excluding carboxylic acids is 1. The van der Waals surface area contributed by atoms with Gasteiger partial charge in [0.1, 0.15) is 0 Å². The van der Waals surface area contributed by atoms with Crippen LogP contribution < -0.4 is 19.5 Å². The first kappa shape index (κ1) is 19.3. The van der Waals surface area contributed by atoms with Crippen LogP contribution in [0.15, 0.2) is 53.0 Å². The van der Waals surface area contributed by atoms with E-state index in [0.717, 1.165) is 14.9 Å². The van der Waals surface area contributed by atoms with E-state index >= 15 is 0 Å². The van der Waals surface area contributed by atoms with Gasteiger partial charge in [-0.05, 0) is 29.8 Å². The summed E-state index contributed by atoms with van der Waals surface area (Å²) >= 11 is 4.86. The van der Waals surface area contributed by atoms with Crippen molar-refractivity contribution >= 4 is 38.9 Å². The lowest BCUT2D eigenvalue weighted by atomic mass is 10.2. The average Bonchev–Trinajstić information content (AvgIpc) is 3.18. The summed E-state index contributed by atoms with van der Waals surface area (Å²) in [4.78, 5) is 14.3. The predicted octanol–water partition coefficient (Wildman–Crippen LogP) is 5.46. The average molecular weight is 448 g/mol. The second-order valence-corrected chi connectivity index (χ2v) is 7.54. The van der Waals surface area contributed by atoms with Crippen LogP contribution in [-0.2, 0) is 0 Å². The minimum Gasteiger partial charge on any atom is -0.493 e. The van der Waals surface area contributed by atoms with Crippen LogP contribution in [0.5, 0.6) is 17.2 Å². The Hall–Kier alpha value is -2.51. The van der Waals surface area contributed by atoms with Crippen LogP contribution in [-0.4, -0.2) is 27.2 Å². The van der Waals surface area contributed by atoms with Crippen molar-refractivity contribution in [2.24, 2.45) is 0 Å². The molecule has 0 fully saturated rings. The molecule has 0 aliphatic heterocycles. The van der Waals surface area contributed by atoms with Crippen molar-refractivity contribution in [3.63, 3.8) is 0 Å². The summed E-state index contributed by atoms with van der Waals surface area (Å²) in [5.74, 6) is 1.24. The number of rotatable bonds is 6. The zero-order valence-corrected chi connectivity index (χ0v) is 17.4. The Morgan fingerprint density at radius 3 is 2.11 bits per heavy atom. The van der Waals surface area contributed by atoms with E-state index in [1.165, 1.54) is 32.7 Å². The molecule has 0 bridgehead atoms. The van der Waals surface area contributed by atoms with Crippen molar-refractivity contribution < 1.29 is 19.0 Å². The summed E-state index contributed by atoms with van der Waals surface area (Å²) < 4.78 is 17.0. The molecule has 0 saturated heterocycles. The van der Waals surface area contributed by atoms with Gasteiger partial charge in [0.2, 0.25) is 5.75 Å². The van der Waals surface area contributed by atoms with Crippen LogP contribution in [0.2, 0.25) is 0 Å². The molecule has 0 spiro atoms. The highest BCUT2D eigenvalue weighted by atomic mass is 79.9. The third-order valence-corrected chi connectivity index (χ3v) is 5.54. The fourth-order valence-electron chi connectivity index (χ4n) is 2.58. The predicted molar refractivity (Wildman–Crippen MR) is 112 cm³/mol. The summed E-state index contributed by atoms with van der Waals surface area (Å²) in [7, 11) is 4.60.